The van der Waals surface area contributed by atoms with E-state index in [1.165, 1.54) is 6.26 Å². The van der Waals surface area contributed by atoms with Gasteiger partial charge >= 0.3 is 0 Å². The molecule has 2 aliphatic rings. The zero-order chi connectivity index (χ0) is 17.4. The van der Waals surface area contributed by atoms with Gasteiger partial charge in [-0.1, -0.05) is 6.08 Å². The van der Waals surface area contributed by atoms with Gasteiger partial charge in [-0.25, -0.2) is 4.98 Å². The molecule has 2 fully saturated rings. The summed E-state index contributed by atoms with van der Waals surface area (Å²) in [6, 6.07) is 3.36. The molecule has 0 aliphatic carbocycles. The van der Waals surface area contributed by atoms with E-state index in [0.717, 1.165) is 11.4 Å². The van der Waals surface area contributed by atoms with E-state index >= 15 is 0 Å². The van der Waals surface area contributed by atoms with Crippen molar-refractivity contribution in [3.8, 4) is 0 Å². The molecule has 4 heterocycles. The molecule has 25 heavy (non-hydrogen) atoms. The van der Waals surface area contributed by atoms with Crippen LogP contribution < -0.4 is 0 Å². The summed E-state index contributed by atoms with van der Waals surface area (Å²) in [5, 5.41) is 2.84. The van der Waals surface area contributed by atoms with Crippen molar-refractivity contribution in [3.63, 3.8) is 0 Å². The van der Waals surface area contributed by atoms with Gasteiger partial charge in [0.1, 0.15) is 0 Å². The summed E-state index contributed by atoms with van der Waals surface area (Å²) in [7, 11) is 0. The maximum absolute atomic E-state index is 13.2. The van der Waals surface area contributed by atoms with Crippen LogP contribution in [0, 0.1) is 5.41 Å². The predicted octanol–water partition coefficient (Wildman–Crippen LogP) is 2.38. The standard InChI is InChI=1S/C18H19N3O3S/c1-2-7-20-8-5-18(17(20)23)12-21(16(22)14-4-3-9-24-14)11-13(18)15-19-6-10-25-15/h2-4,6,9-10,13H,1,5,7-8,11-12H2/t13-,18-/m0/s1. The second-order valence-corrected chi connectivity index (χ2v) is 7.46. The van der Waals surface area contributed by atoms with Gasteiger partial charge in [-0.3, -0.25) is 9.59 Å². The van der Waals surface area contributed by atoms with E-state index < -0.39 is 5.41 Å². The molecule has 0 aromatic carbocycles. The fourth-order valence-electron chi connectivity index (χ4n) is 4.00. The summed E-state index contributed by atoms with van der Waals surface area (Å²) in [6.45, 7) is 5.86. The maximum Gasteiger partial charge on any atom is 0.289 e. The summed E-state index contributed by atoms with van der Waals surface area (Å²) < 4.78 is 5.26. The molecule has 6 nitrogen and oxygen atoms in total. The SMILES string of the molecule is C=CCN1CC[C@@]2(CN(C(=O)c3ccco3)C[C@H]2c2nccs2)C1=O. The molecule has 0 N–H and O–H groups in total. The third kappa shape index (κ3) is 2.50. The Balaban J connectivity index is 1.68. The highest BCUT2D eigenvalue weighted by Crippen LogP contribution is 2.50. The van der Waals surface area contributed by atoms with Crippen LogP contribution >= 0.6 is 11.3 Å². The fourth-order valence-corrected chi connectivity index (χ4v) is 4.85. The van der Waals surface area contributed by atoms with Crippen molar-refractivity contribution in [1.29, 1.82) is 0 Å². The molecule has 0 unspecified atom stereocenters. The second-order valence-electron chi connectivity index (χ2n) is 6.53. The molecule has 2 atom stereocenters. The number of aromatic nitrogens is 1. The molecule has 0 bridgehead atoms. The molecule has 7 heteroatoms. The van der Waals surface area contributed by atoms with E-state index in [9.17, 15) is 9.59 Å². The average Bonchev–Trinajstić information content (AvgIpc) is 3.39. The van der Waals surface area contributed by atoms with Crippen molar-refractivity contribution in [2.75, 3.05) is 26.2 Å². The van der Waals surface area contributed by atoms with Gasteiger partial charge in [-0.2, -0.15) is 0 Å². The Morgan fingerprint density at radius 3 is 3.12 bits per heavy atom. The van der Waals surface area contributed by atoms with Crippen LogP contribution in [0.2, 0.25) is 0 Å². The van der Waals surface area contributed by atoms with Crippen LogP contribution in [-0.2, 0) is 4.79 Å². The molecule has 2 saturated heterocycles. The van der Waals surface area contributed by atoms with Crippen LogP contribution in [0.4, 0.5) is 0 Å². The smallest absolute Gasteiger partial charge is 0.289 e. The van der Waals surface area contributed by atoms with Gasteiger partial charge in [-0.05, 0) is 18.6 Å². The zero-order valence-corrected chi connectivity index (χ0v) is 14.6. The van der Waals surface area contributed by atoms with E-state index in [1.807, 2.05) is 10.3 Å². The summed E-state index contributed by atoms with van der Waals surface area (Å²) in [5.74, 6) is 0.165. The predicted molar refractivity (Wildman–Crippen MR) is 93.3 cm³/mol. The summed E-state index contributed by atoms with van der Waals surface area (Å²) >= 11 is 1.55. The Morgan fingerprint density at radius 2 is 2.44 bits per heavy atom. The van der Waals surface area contributed by atoms with E-state index in [4.69, 9.17) is 4.42 Å². The fraction of sp³-hybridized carbons (Fsp3) is 0.389. The number of carbonyl (C=O) groups excluding carboxylic acids is 2. The van der Waals surface area contributed by atoms with Crippen molar-refractivity contribution < 1.29 is 14.0 Å². The maximum atomic E-state index is 13.2. The average molecular weight is 357 g/mol. The monoisotopic (exact) mass is 357 g/mol. The Bertz CT molecular complexity index is 787. The summed E-state index contributed by atoms with van der Waals surface area (Å²) in [5.41, 5.74) is -0.594. The van der Waals surface area contributed by atoms with Gasteiger partial charge in [0.05, 0.1) is 16.7 Å². The molecule has 2 aliphatic heterocycles. The highest BCUT2D eigenvalue weighted by molar-refractivity contribution is 7.09. The highest BCUT2D eigenvalue weighted by Gasteiger charge is 2.58. The lowest BCUT2D eigenvalue weighted by Gasteiger charge is -2.27. The number of hydrogen-bond acceptors (Lipinski definition) is 5. The number of hydrogen-bond donors (Lipinski definition) is 0. The molecule has 1 spiro atoms. The largest absolute Gasteiger partial charge is 0.459 e. The van der Waals surface area contributed by atoms with Crippen LogP contribution in [0.25, 0.3) is 0 Å². The second kappa shape index (κ2) is 6.15. The summed E-state index contributed by atoms with van der Waals surface area (Å²) in [6.07, 6.45) is 5.72. The third-order valence-corrected chi connectivity index (χ3v) is 6.09. The minimum atomic E-state index is -0.594. The first kappa shape index (κ1) is 16.1. The lowest BCUT2D eigenvalue weighted by Crippen LogP contribution is -2.40. The van der Waals surface area contributed by atoms with Crippen LogP contribution in [-0.4, -0.2) is 52.8 Å². The van der Waals surface area contributed by atoms with Crippen molar-refractivity contribution in [2.45, 2.75) is 12.3 Å². The van der Waals surface area contributed by atoms with Gasteiger partial charge in [0, 0.05) is 43.7 Å². The van der Waals surface area contributed by atoms with Crippen LogP contribution in [0.5, 0.6) is 0 Å². The topological polar surface area (TPSA) is 66.7 Å². The number of carbonyl (C=O) groups is 2. The van der Waals surface area contributed by atoms with Gasteiger partial charge in [0.15, 0.2) is 5.76 Å². The first-order chi connectivity index (χ1) is 12.2. The third-order valence-electron chi connectivity index (χ3n) is 5.20. The van der Waals surface area contributed by atoms with Crippen molar-refractivity contribution >= 4 is 23.2 Å². The quantitative estimate of drug-likeness (QED) is 0.788. The Hall–Kier alpha value is -2.41. The molecule has 0 saturated carbocycles. The zero-order valence-electron chi connectivity index (χ0n) is 13.8. The van der Waals surface area contributed by atoms with E-state index in [0.29, 0.717) is 31.9 Å². The van der Waals surface area contributed by atoms with E-state index in [-0.39, 0.29) is 17.7 Å². The van der Waals surface area contributed by atoms with Crippen molar-refractivity contribution in [1.82, 2.24) is 14.8 Å². The van der Waals surface area contributed by atoms with Crippen LogP contribution in [0.15, 0.2) is 47.0 Å². The normalized spacial score (nSPS) is 25.9. The Morgan fingerprint density at radius 1 is 1.56 bits per heavy atom. The van der Waals surface area contributed by atoms with Gasteiger partial charge in [-0.15, -0.1) is 17.9 Å². The molecule has 2 amide bonds. The first-order valence-electron chi connectivity index (χ1n) is 8.28. The number of nitrogens with zero attached hydrogens (tertiary/aromatic N) is 3. The van der Waals surface area contributed by atoms with E-state index in [1.54, 1.807) is 40.6 Å². The lowest BCUT2D eigenvalue weighted by molar-refractivity contribution is -0.135. The molecule has 4 rings (SSSR count). The van der Waals surface area contributed by atoms with Crippen LogP contribution in [0.1, 0.15) is 27.9 Å². The number of likely N-dealkylation sites (tertiary alicyclic amines) is 2. The molecule has 2 aromatic heterocycles. The number of amides is 2. The van der Waals surface area contributed by atoms with Crippen LogP contribution in [0.3, 0.4) is 0 Å². The number of thiazole rings is 1. The first-order valence-corrected chi connectivity index (χ1v) is 9.16. The van der Waals surface area contributed by atoms with Crippen molar-refractivity contribution in [3.05, 3.63) is 53.4 Å². The Kier molecular flexibility index (Phi) is 3.95. The van der Waals surface area contributed by atoms with Gasteiger partial charge in [0.2, 0.25) is 5.91 Å². The van der Waals surface area contributed by atoms with E-state index in [2.05, 4.69) is 11.6 Å². The number of rotatable bonds is 4. The highest BCUT2D eigenvalue weighted by atomic mass is 32.1. The lowest BCUT2D eigenvalue weighted by atomic mass is 9.77. The number of furan rings is 1. The van der Waals surface area contributed by atoms with Crippen molar-refractivity contribution in [2.24, 2.45) is 5.41 Å². The van der Waals surface area contributed by atoms with Gasteiger partial charge < -0.3 is 14.2 Å². The molecule has 0 radical (unpaired) electrons. The summed E-state index contributed by atoms with van der Waals surface area (Å²) in [4.78, 5) is 33.9. The minimum absolute atomic E-state index is 0.0753. The molecule has 2 aromatic rings. The Labute approximate surface area is 149 Å². The van der Waals surface area contributed by atoms with Gasteiger partial charge in [0.25, 0.3) is 5.91 Å². The molecule has 130 valence electrons. The molecular formula is C18H19N3O3S. The minimum Gasteiger partial charge on any atom is -0.459 e. The molecular weight excluding hydrogens is 338 g/mol.